The molecule has 4 aromatic rings. The molecule has 2 heterocycles. The molecule has 0 bridgehead atoms. The Bertz CT molecular complexity index is 1440. The maximum absolute atomic E-state index is 13.8. The van der Waals surface area contributed by atoms with Crippen molar-refractivity contribution in [1.82, 2.24) is 9.88 Å². The van der Waals surface area contributed by atoms with Crippen LogP contribution >= 0.6 is 11.9 Å². The highest BCUT2D eigenvalue weighted by Crippen LogP contribution is 2.38. The summed E-state index contributed by atoms with van der Waals surface area (Å²) < 4.78 is 9.83. The number of aryl methyl sites for hydroxylation is 2. The van der Waals surface area contributed by atoms with Crippen molar-refractivity contribution in [2.24, 2.45) is 0 Å². The molecular formula is C31H36N4O3S. The molecule has 0 aliphatic carbocycles. The van der Waals surface area contributed by atoms with E-state index in [-0.39, 0.29) is 12.5 Å². The third kappa shape index (κ3) is 5.87. The molecule has 0 fully saturated rings. The van der Waals surface area contributed by atoms with Gasteiger partial charge in [-0.3, -0.25) is 4.79 Å². The van der Waals surface area contributed by atoms with Gasteiger partial charge in [0.05, 0.1) is 36.1 Å². The number of rotatable bonds is 10. The number of hydrogen-bond donors (Lipinski definition) is 3. The Morgan fingerprint density at radius 1 is 1.13 bits per heavy atom. The molecule has 1 aliphatic heterocycles. The lowest BCUT2D eigenvalue weighted by atomic mass is 9.99. The number of nitrogens with one attached hydrogen (secondary N) is 2. The number of amides is 1. The second-order valence-electron chi connectivity index (χ2n) is 9.83. The molecule has 0 spiro atoms. The molecule has 1 aromatic heterocycles. The standard InChI is InChI=1S/C31H36N4O3S/c1-4-35-20-22-14-15-39-34(2)26-17-23(18-27(35)30(22)26)31(37)33-25(16-21-10-6-5-7-11-21)28(36)19-32-24-12-8-9-13-29(24)38-3/h5-13,17-18,20,25,28,32,36H,4,14-16,19H2,1-3H3,(H,33,37)/t25-,28+/m0/s1. The Morgan fingerprint density at radius 2 is 1.90 bits per heavy atom. The van der Waals surface area contributed by atoms with Crippen molar-refractivity contribution in [3.63, 3.8) is 0 Å². The summed E-state index contributed by atoms with van der Waals surface area (Å²) in [4.78, 5) is 13.8. The molecule has 3 aromatic carbocycles. The van der Waals surface area contributed by atoms with Gasteiger partial charge in [-0.15, -0.1) is 0 Å². The molecule has 0 unspecified atom stereocenters. The number of benzene rings is 3. The summed E-state index contributed by atoms with van der Waals surface area (Å²) in [7, 11) is 3.68. The van der Waals surface area contributed by atoms with Crippen molar-refractivity contribution in [2.75, 3.05) is 36.1 Å². The van der Waals surface area contributed by atoms with E-state index in [4.69, 9.17) is 4.74 Å². The summed E-state index contributed by atoms with van der Waals surface area (Å²) >= 11 is 1.77. The van der Waals surface area contributed by atoms with Crippen LogP contribution in [0.5, 0.6) is 5.75 Å². The largest absolute Gasteiger partial charge is 0.495 e. The molecule has 1 amide bonds. The van der Waals surface area contributed by atoms with E-state index in [2.05, 4.69) is 39.7 Å². The van der Waals surface area contributed by atoms with Gasteiger partial charge in [-0.1, -0.05) is 42.5 Å². The van der Waals surface area contributed by atoms with Crippen molar-refractivity contribution in [3.8, 4) is 5.75 Å². The minimum Gasteiger partial charge on any atom is -0.495 e. The molecule has 0 saturated heterocycles. The van der Waals surface area contributed by atoms with Gasteiger partial charge in [-0.2, -0.15) is 0 Å². The van der Waals surface area contributed by atoms with E-state index in [1.165, 1.54) is 10.9 Å². The smallest absolute Gasteiger partial charge is 0.251 e. The molecule has 39 heavy (non-hydrogen) atoms. The molecule has 204 valence electrons. The fourth-order valence-electron chi connectivity index (χ4n) is 5.23. The van der Waals surface area contributed by atoms with Gasteiger partial charge in [0, 0.05) is 43.0 Å². The highest BCUT2D eigenvalue weighted by molar-refractivity contribution is 8.00. The van der Waals surface area contributed by atoms with Crippen LogP contribution in [0.25, 0.3) is 10.9 Å². The molecule has 3 N–H and O–H groups in total. The summed E-state index contributed by atoms with van der Waals surface area (Å²) in [6, 6.07) is 21.0. The third-order valence-electron chi connectivity index (χ3n) is 7.33. The number of nitrogens with zero attached hydrogens (tertiary/aromatic N) is 2. The number of aliphatic hydroxyl groups is 1. The minimum absolute atomic E-state index is 0.196. The van der Waals surface area contributed by atoms with Crippen molar-refractivity contribution in [1.29, 1.82) is 0 Å². The summed E-state index contributed by atoms with van der Waals surface area (Å²) in [5, 5.41) is 19.0. The topological polar surface area (TPSA) is 78.8 Å². The maximum atomic E-state index is 13.8. The second kappa shape index (κ2) is 12.1. The monoisotopic (exact) mass is 544 g/mol. The Morgan fingerprint density at radius 3 is 2.67 bits per heavy atom. The van der Waals surface area contributed by atoms with E-state index in [0.29, 0.717) is 17.7 Å². The first-order valence-corrected chi connectivity index (χ1v) is 14.3. The quantitative estimate of drug-likeness (QED) is 0.241. The number of aromatic nitrogens is 1. The van der Waals surface area contributed by atoms with Gasteiger partial charge in [0.15, 0.2) is 0 Å². The predicted molar refractivity (Wildman–Crippen MR) is 161 cm³/mol. The average Bonchev–Trinajstić information content (AvgIpc) is 3.24. The Hall–Kier alpha value is -3.62. The van der Waals surface area contributed by atoms with Crippen LogP contribution in [0.15, 0.2) is 72.9 Å². The highest BCUT2D eigenvalue weighted by Gasteiger charge is 2.25. The van der Waals surface area contributed by atoms with Crippen molar-refractivity contribution in [3.05, 3.63) is 89.6 Å². The lowest BCUT2D eigenvalue weighted by Crippen LogP contribution is -2.47. The van der Waals surface area contributed by atoms with Crippen LogP contribution in [0.1, 0.15) is 28.4 Å². The van der Waals surface area contributed by atoms with Crippen molar-refractivity contribution >= 4 is 40.1 Å². The predicted octanol–water partition coefficient (Wildman–Crippen LogP) is 5.12. The summed E-state index contributed by atoms with van der Waals surface area (Å²) in [5.41, 5.74) is 5.88. The number of carbonyl (C=O) groups is 1. The van der Waals surface area contributed by atoms with Crippen LogP contribution in [0, 0.1) is 0 Å². The molecule has 0 saturated carbocycles. The first kappa shape index (κ1) is 27.0. The minimum atomic E-state index is -0.839. The molecule has 2 atom stereocenters. The second-order valence-corrected chi connectivity index (χ2v) is 11.0. The molecule has 8 heteroatoms. The van der Waals surface area contributed by atoms with E-state index in [1.54, 1.807) is 19.1 Å². The summed E-state index contributed by atoms with van der Waals surface area (Å²) in [6.45, 7) is 3.21. The van der Waals surface area contributed by atoms with Crippen LogP contribution in [-0.4, -0.2) is 54.2 Å². The fraction of sp³-hybridized carbons (Fsp3) is 0.323. The lowest BCUT2D eigenvalue weighted by Gasteiger charge is -2.26. The zero-order valence-corrected chi connectivity index (χ0v) is 23.5. The summed E-state index contributed by atoms with van der Waals surface area (Å²) in [6.07, 6.45) is 2.89. The number of para-hydroxylation sites is 2. The Balaban J connectivity index is 1.42. The van der Waals surface area contributed by atoms with E-state index in [0.717, 1.165) is 41.2 Å². The van der Waals surface area contributed by atoms with Crippen molar-refractivity contribution in [2.45, 2.75) is 38.5 Å². The van der Waals surface area contributed by atoms with Gasteiger partial charge < -0.3 is 29.3 Å². The average molecular weight is 545 g/mol. The first-order chi connectivity index (χ1) is 19.0. The van der Waals surface area contributed by atoms with Crippen LogP contribution in [-0.2, 0) is 19.4 Å². The molecule has 5 rings (SSSR count). The van der Waals surface area contributed by atoms with Gasteiger partial charge in [0.25, 0.3) is 5.91 Å². The maximum Gasteiger partial charge on any atom is 0.251 e. The highest BCUT2D eigenvalue weighted by atomic mass is 32.2. The zero-order chi connectivity index (χ0) is 27.4. The molecule has 0 radical (unpaired) electrons. The van der Waals surface area contributed by atoms with Crippen LogP contribution in [0.2, 0.25) is 0 Å². The number of methoxy groups -OCH3 is 1. The number of ether oxygens (including phenoxy) is 1. The third-order valence-corrected chi connectivity index (χ3v) is 8.30. The Kier molecular flexibility index (Phi) is 8.33. The van der Waals surface area contributed by atoms with Gasteiger partial charge in [0.1, 0.15) is 5.75 Å². The van der Waals surface area contributed by atoms with Crippen LogP contribution in [0.3, 0.4) is 0 Å². The lowest BCUT2D eigenvalue weighted by molar-refractivity contribution is 0.0851. The zero-order valence-electron chi connectivity index (χ0n) is 22.7. The van der Waals surface area contributed by atoms with E-state index >= 15 is 0 Å². The van der Waals surface area contributed by atoms with Crippen molar-refractivity contribution < 1.29 is 14.6 Å². The van der Waals surface area contributed by atoms with E-state index < -0.39 is 12.1 Å². The number of hydrogen-bond acceptors (Lipinski definition) is 6. The first-order valence-electron chi connectivity index (χ1n) is 13.4. The van der Waals surface area contributed by atoms with E-state index in [9.17, 15) is 9.90 Å². The fourth-order valence-corrected chi connectivity index (χ4v) is 6.10. The van der Waals surface area contributed by atoms with Gasteiger partial charge >= 0.3 is 0 Å². The summed E-state index contributed by atoms with van der Waals surface area (Å²) in [5.74, 6) is 1.50. The van der Waals surface area contributed by atoms with Gasteiger partial charge in [-0.25, -0.2) is 0 Å². The number of aliphatic hydroxyl groups excluding tert-OH is 1. The normalized spacial score (nSPS) is 14.5. The van der Waals surface area contributed by atoms with E-state index in [1.807, 2.05) is 66.7 Å². The molecular weight excluding hydrogens is 508 g/mol. The molecule has 7 nitrogen and oxygen atoms in total. The van der Waals surface area contributed by atoms with Crippen LogP contribution < -0.4 is 19.7 Å². The SMILES string of the molecule is CCn1cc2c3c(cc(C(=O)N[C@@H](Cc4ccccc4)[C@H](O)CNc4ccccc4OC)cc31)N(C)SCC2. The number of carbonyl (C=O) groups excluding carboxylic acids is 1. The van der Waals surface area contributed by atoms with Gasteiger partial charge in [-0.05, 0) is 67.1 Å². The van der Waals surface area contributed by atoms with Gasteiger partial charge in [0.2, 0.25) is 0 Å². The van der Waals surface area contributed by atoms with Crippen LogP contribution in [0.4, 0.5) is 11.4 Å². The number of anilines is 2. The molecule has 1 aliphatic rings. The Labute approximate surface area is 234 Å².